The zero-order chi connectivity index (χ0) is 25.1. The van der Waals surface area contributed by atoms with Gasteiger partial charge in [-0.05, 0) is 51.3 Å². The first kappa shape index (κ1) is 28.3. The predicted molar refractivity (Wildman–Crippen MR) is 131 cm³/mol. The van der Waals surface area contributed by atoms with Gasteiger partial charge in [-0.25, -0.2) is 0 Å². The topological polar surface area (TPSA) is 105 Å². The molecule has 0 amide bonds. The summed E-state index contributed by atoms with van der Waals surface area (Å²) in [4.78, 5) is 11.7. The second kappa shape index (κ2) is 13.9. The van der Waals surface area contributed by atoms with Crippen molar-refractivity contribution in [3.63, 3.8) is 0 Å². The van der Waals surface area contributed by atoms with Crippen molar-refractivity contribution in [2.24, 2.45) is 17.3 Å². The van der Waals surface area contributed by atoms with Crippen molar-refractivity contribution in [1.29, 1.82) is 0 Å². The first-order valence-electron chi connectivity index (χ1n) is 11.6. The molecule has 1 aliphatic carbocycles. The molecule has 34 heavy (non-hydrogen) atoms. The zero-order valence-corrected chi connectivity index (χ0v) is 20.9. The quantitative estimate of drug-likeness (QED) is 0.231. The van der Waals surface area contributed by atoms with Crippen LogP contribution in [0.3, 0.4) is 0 Å². The van der Waals surface area contributed by atoms with Gasteiger partial charge in [-0.1, -0.05) is 42.0 Å². The number of ether oxygens (including phenoxy) is 3. The summed E-state index contributed by atoms with van der Waals surface area (Å²) < 4.78 is 16.1. The van der Waals surface area contributed by atoms with Crippen molar-refractivity contribution in [3.8, 4) is 5.75 Å². The van der Waals surface area contributed by atoms with E-state index in [1.165, 1.54) is 0 Å². The van der Waals surface area contributed by atoms with E-state index < -0.39 is 23.7 Å². The highest BCUT2D eigenvalue weighted by Gasteiger charge is 2.39. The van der Waals surface area contributed by atoms with Crippen LogP contribution in [0.15, 0.2) is 48.6 Å². The van der Waals surface area contributed by atoms with Crippen molar-refractivity contribution >= 4 is 17.6 Å². The van der Waals surface area contributed by atoms with Crippen molar-refractivity contribution < 1.29 is 34.3 Å². The molecule has 0 bridgehead atoms. The number of rotatable bonds is 12. The Kier molecular flexibility index (Phi) is 11.5. The molecular formula is C26H37ClO7. The van der Waals surface area contributed by atoms with E-state index in [1.54, 1.807) is 57.2 Å². The van der Waals surface area contributed by atoms with Crippen LogP contribution in [0.1, 0.15) is 33.6 Å². The minimum Gasteiger partial charge on any atom is -0.491 e. The summed E-state index contributed by atoms with van der Waals surface area (Å²) in [7, 11) is 0. The lowest BCUT2D eigenvalue weighted by Gasteiger charge is -2.19. The van der Waals surface area contributed by atoms with Gasteiger partial charge in [0, 0.05) is 17.4 Å². The number of carbonyl (C=O) groups excluding carboxylic acids is 1. The summed E-state index contributed by atoms with van der Waals surface area (Å²) in [5, 5.41) is 31.5. The molecule has 7 nitrogen and oxygen atoms in total. The average molecular weight is 497 g/mol. The summed E-state index contributed by atoms with van der Waals surface area (Å²) >= 11 is 5.92. The number of hydrogen-bond donors (Lipinski definition) is 3. The lowest BCUT2D eigenvalue weighted by Crippen LogP contribution is -2.24. The minimum absolute atomic E-state index is 0.0508. The number of esters is 1. The molecule has 0 aromatic heterocycles. The maximum absolute atomic E-state index is 11.7. The molecule has 1 aromatic carbocycles. The lowest BCUT2D eigenvalue weighted by atomic mass is 9.90. The Morgan fingerprint density at radius 3 is 2.68 bits per heavy atom. The molecule has 1 fully saturated rings. The molecule has 3 N–H and O–H groups in total. The van der Waals surface area contributed by atoms with Gasteiger partial charge in [-0.2, -0.15) is 0 Å². The molecule has 2 rings (SSSR count). The Hall–Kier alpha value is -1.90. The van der Waals surface area contributed by atoms with Gasteiger partial charge in [0.15, 0.2) is 0 Å². The van der Waals surface area contributed by atoms with Gasteiger partial charge in [-0.15, -0.1) is 0 Å². The Balaban J connectivity index is 1.73. The Morgan fingerprint density at radius 2 is 1.97 bits per heavy atom. The van der Waals surface area contributed by atoms with Crippen LogP contribution in [0.4, 0.5) is 0 Å². The second-order valence-electron chi connectivity index (χ2n) is 9.50. The fourth-order valence-electron chi connectivity index (χ4n) is 3.64. The molecular weight excluding hydrogens is 460 g/mol. The van der Waals surface area contributed by atoms with Gasteiger partial charge in [0.25, 0.3) is 0 Å². The molecule has 1 aliphatic rings. The number of aliphatic hydroxyl groups is 3. The van der Waals surface area contributed by atoms with Gasteiger partial charge in [-0.3, -0.25) is 4.79 Å². The molecule has 5 atom stereocenters. The fourth-order valence-corrected chi connectivity index (χ4v) is 3.82. The van der Waals surface area contributed by atoms with Crippen LogP contribution in [-0.4, -0.2) is 66.0 Å². The van der Waals surface area contributed by atoms with Crippen molar-refractivity contribution in [2.45, 2.75) is 51.9 Å². The number of hydrogen-bond acceptors (Lipinski definition) is 7. The number of benzene rings is 1. The second-order valence-corrected chi connectivity index (χ2v) is 9.94. The van der Waals surface area contributed by atoms with E-state index in [0.29, 0.717) is 30.4 Å². The fraction of sp³-hybridized carbons (Fsp3) is 0.577. The lowest BCUT2D eigenvalue weighted by molar-refractivity contribution is -0.154. The van der Waals surface area contributed by atoms with Gasteiger partial charge < -0.3 is 29.5 Å². The summed E-state index contributed by atoms with van der Waals surface area (Å²) in [5.74, 6) is -0.149. The van der Waals surface area contributed by atoms with Crippen LogP contribution in [0.2, 0.25) is 5.02 Å². The van der Waals surface area contributed by atoms with Crippen LogP contribution >= 0.6 is 11.6 Å². The van der Waals surface area contributed by atoms with Gasteiger partial charge >= 0.3 is 5.97 Å². The third kappa shape index (κ3) is 9.76. The van der Waals surface area contributed by atoms with E-state index in [9.17, 15) is 20.1 Å². The number of carbonyl (C=O) groups is 1. The van der Waals surface area contributed by atoms with Crippen LogP contribution in [0.25, 0.3) is 0 Å². The molecule has 0 radical (unpaired) electrons. The van der Waals surface area contributed by atoms with E-state index in [2.05, 4.69) is 0 Å². The zero-order valence-electron chi connectivity index (χ0n) is 20.1. The van der Waals surface area contributed by atoms with Crippen LogP contribution < -0.4 is 4.74 Å². The molecule has 0 heterocycles. The number of halogens is 1. The molecule has 0 aliphatic heterocycles. The molecule has 0 spiro atoms. The first-order chi connectivity index (χ1) is 16.1. The molecule has 1 saturated carbocycles. The maximum Gasteiger partial charge on any atom is 0.311 e. The SMILES string of the molecule is CC(C)(C)C(=O)OCCOC/C=C\CC1C(/C=C/[C@H](O)COc2cccc(Cl)c2)[C@@H](O)C[C@H]1O. The normalized spacial score (nSPS) is 24.1. The largest absolute Gasteiger partial charge is 0.491 e. The third-order valence-corrected chi connectivity index (χ3v) is 5.79. The molecule has 1 aromatic rings. The maximum atomic E-state index is 11.7. The first-order valence-corrected chi connectivity index (χ1v) is 12.0. The van der Waals surface area contributed by atoms with Gasteiger partial charge in [0.05, 0.1) is 30.8 Å². The molecule has 2 unspecified atom stereocenters. The van der Waals surface area contributed by atoms with E-state index in [4.69, 9.17) is 25.8 Å². The smallest absolute Gasteiger partial charge is 0.311 e. The van der Waals surface area contributed by atoms with Crippen LogP contribution in [0, 0.1) is 17.3 Å². The third-order valence-electron chi connectivity index (χ3n) is 5.55. The average Bonchev–Trinajstić information content (AvgIpc) is 3.03. The molecule has 0 saturated heterocycles. The van der Waals surface area contributed by atoms with Crippen molar-refractivity contribution in [3.05, 3.63) is 53.6 Å². The predicted octanol–water partition coefficient (Wildman–Crippen LogP) is 3.55. The summed E-state index contributed by atoms with van der Waals surface area (Å²) in [6, 6.07) is 6.92. The molecule has 190 valence electrons. The summed E-state index contributed by atoms with van der Waals surface area (Å²) in [5.41, 5.74) is -0.531. The van der Waals surface area contributed by atoms with Crippen LogP contribution in [-0.2, 0) is 14.3 Å². The monoisotopic (exact) mass is 496 g/mol. The highest BCUT2D eigenvalue weighted by Crippen LogP contribution is 2.36. The van der Waals surface area contributed by atoms with Crippen molar-refractivity contribution in [1.82, 2.24) is 0 Å². The van der Waals surface area contributed by atoms with E-state index in [1.807, 2.05) is 12.2 Å². The minimum atomic E-state index is -0.860. The van der Waals surface area contributed by atoms with Crippen molar-refractivity contribution in [2.75, 3.05) is 26.4 Å². The molecule has 8 heteroatoms. The van der Waals surface area contributed by atoms with E-state index in [-0.39, 0.29) is 37.4 Å². The summed E-state index contributed by atoms with van der Waals surface area (Å²) in [6.45, 7) is 6.31. The Labute approximate surface area is 207 Å². The van der Waals surface area contributed by atoms with Crippen LogP contribution in [0.5, 0.6) is 5.75 Å². The summed E-state index contributed by atoms with van der Waals surface area (Å²) in [6.07, 6.45) is 5.78. The van der Waals surface area contributed by atoms with Gasteiger partial charge in [0.2, 0.25) is 0 Å². The Bertz CT molecular complexity index is 818. The van der Waals surface area contributed by atoms with E-state index >= 15 is 0 Å². The van der Waals surface area contributed by atoms with Gasteiger partial charge in [0.1, 0.15) is 25.1 Å². The van der Waals surface area contributed by atoms with E-state index in [0.717, 1.165) is 0 Å². The highest BCUT2D eigenvalue weighted by molar-refractivity contribution is 6.30. The standard InChI is InChI=1S/C26H37ClO7/c1-26(2,3)25(31)33-14-13-32-12-5-4-9-21-22(24(30)16-23(21)29)11-10-19(28)17-34-20-8-6-7-18(27)15-20/h4-8,10-11,15,19,21-24,28-30H,9,12-14,16-17H2,1-3H3/b5-4-,11-10+/t19-,21?,22?,23+,24-/m0/s1. The Morgan fingerprint density at radius 1 is 1.21 bits per heavy atom. The number of aliphatic hydroxyl groups excluding tert-OH is 3. The number of allylic oxidation sites excluding steroid dienone is 1. The highest BCUT2D eigenvalue weighted by atomic mass is 35.5.